The highest BCUT2D eigenvalue weighted by Gasteiger charge is 2.29. The lowest BCUT2D eigenvalue weighted by Gasteiger charge is -2.14. The third-order valence-corrected chi connectivity index (χ3v) is 2.19. The molecule has 0 aliphatic heterocycles. The molecule has 0 aromatic carbocycles. The summed E-state index contributed by atoms with van der Waals surface area (Å²) in [5.74, 6) is 0.818. The molecule has 1 saturated carbocycles. The number of rotatable bonds is 6. The summed E-state index contributed by atoms with van der Waals surface area (Å²) in [7, 11) is 0. The second-order valence-electron chi connectivity index (χ2n) is 3.21. The standard InChI is InChI=1S/C8H18N2O/c9-6-8(7-2-3-7)10-4-1-5-11/h7-8,10-11H,1-6,9H2. The van der Waals surface area contributed by atoms with Crippen LogP contribution < -0.4 is 11.1 Å². The average molecular weight is 158 g/mol. The maximum Gasteiger partial charge on any atom is 0.0443 e. The van der Waals surface area contributed by atoms with Gasteiger partial charge in [-0.05, 0) is 31.7 Å². The van der Waals surface area contributed by atoms with E-state index in [1.165, 1.54) is 12.8 Å². The Morgan fingerprint density at radius 3 is 2.73 bits per heavy atom. The summed E-state index contributed by atoms with van der Waals surface area (Å²) in [6.45, 7) is 1.90. The third kappa shape index (κ3) is 3.18. The van der Waals surface area contributed by atoms with Crippen LogP contribution in [0.15, 0.2) is 0 Å². The van der Waals surface area contributed by atoms with Crippen molar-refractivity contribution in [1.29, 1.82) is 0 Å². The molecule has 0 bridgehead atoms. The van der Waals surface area contributed by atoms with Crippen LogP contribution in [-0.2, 0) is 0 Å². The Morgan fingerprint density at radius 1 is 1.55 bits per heavy atom. The lowest BCUT2D eigenvalue weighted by molar-refractivity contribution is 0.281. The molecule has 1 fully saturated rings. The van der Waals surface area contributed by atoms with Gasteiger partial charge in [-0.3, -0.25) is 0 Å². The first kappa shape index (κ1) is 8.97. The Hall–Kier alpha value is -0.120. The van der Waals surface area contributed by atoms with Crippen molar-refractivity contribution in [3.63, 3.8) is 0 Å². The van der Waals surface area contributed by atoms with Gasteiger partial charge in [-0.25, -0.2) is 0 Å². The zero-order chi connectivity index (χ0) is 8.10. The first-order valence-corrected chi connectivity index (χ1v) is 4.42. The molecular formula is C8H18N2O. The maximum atomic E-state index is 8.53. The largest absolute Gasteiger partial charge is 0.396 e. The van der Waals surface area contributed by atoms with Gasteiger partial charge in [0.2, 0.25) is 0 Å². The van der Waals surface area contributed by atoms with Gasteiger partial charge in [0, 0.05) is 19.2 Å². The molecule has 1 atom stereocenters. The van der Waals surface area contributed by atoms with E-state index in [-0.39, 0.29) is 6.61 Å². The number of aliphatic hydroxyl groups excluding tert-OH is 1. The number of hydrogen-bond donors (Lipinski definition) is 3. The molecule has 0 heterocycles. The van der Waals surface area contributed by atoms with E-state index in [1.54, 1.807) is 0 Å². The molecule has 0 spiro atoms. The number of nitrogens with two attached hydrogens (primary N) is 1. The van der Waals surface area contributed by atoms with E-state index >= 15 is 0 Å². The monoisotopic (exact) mass is 158 g/mol. The molecular weight excluding hydrogens is 140 g/mol. The molecule has 3 heteroatoms. The van der Waals surface area contributed by atoms with Crippen molar-refractivity contribution < 1.29 is 5.11 Å². The van der Waals surface area contributed by atoms with Gasteiger partial charge in [0.25, 0.3) is 0 Å². The Bertz CT molecular complexity index is 104. The fraction of sp³-hybridized carbons (Fsp3) is 1.00. The molecule has 0 amide bonds. The predicted molar refractivity (Wildman–Crippen MR) is 45.3 cm³/mol. The van der Waals surface area contributed by atoms with Crippen molar-refractivity contribution in [1.82, 2.24) is 5.32 Å². The van der Waals surface area contributed by atoms with Crippen molar-refractivity contribution in [2.24, 2.45) is 11.7 Å². The molecule has 1 aliphatic carbocycles. The quantitative estimate of drug-likeness (QED) is 0.465. The van der Waals surface area contributed by atoms with E-state index in [9.17, 15) is 0 Å². The van der Waals surface area contributed by atoms with Gasteiger partial charge in [0.1, 0.15) is 0 Å². The molecule has 1 aliphatic rings. The average Bonchev–Trinajstić information content (AvgIpc) is 2.81. The van der Waals surface area contributed by atoms with Gasteiger partial charge in [0.05, 0.1) is 0 Å². The minimum Gasteiger partial charge on any atom is -0.396 e. The second kappa shape index (κ2) is 4.70. The van der Waals surface area contributed by atoms with Crippen LogP contribution in [0.3, 0.4) is 0 Å². The van der Waals surface area contributed by atoms with Crippen molar-refractivity contribution in [2.75, 3.05) is 19.7 Å². The van der Waals surface area contributed by atoms with Crippen molar-refractivity contribution in [3.8, 4) is 0 Å². The van der Waals surface area contributed by atoms with Gasteiger partial charge < -0.3 is 16.2 Å². The minimum atomic E-state index is 0.273. The summed E-state index contributed by atoms with van der Waals surface area (Å²) < 4.78 is 0. The second-order valence-corrected chi connectivity index (χ2v) is 3.21. The van der Waals surface area contributed by atoms with Crippen LogP contribution >= 0.6 is 0 Å². The summed E-state index contributed by atoms with van der Waals surface area (Å²) >= 11 is 0. The normalized spacial score (nSPS) is 20.2. The Labute approximate surface area is 68.0 Å². The van der Waals surface area contributed by atoms with Gasteiger partial charge in [0.15, 0.2) is 0 Å². The van der Waals surface area contributed by atoms with Crippen molar-refractivity contribution in [3.05, 3.63) is 0 Å². The summed E-state index contributed by atoms with van der Waals surface area (Å²) in [5.41, 5.74) is 5.57. The molecule has 4 N–H and O–H groups in total. The first-order valence-electron chi connectivity index (χ1n) is 4.42. The van der Waals surface area contributed by atoms with Crippen molar-refractivity contribution in [2.45, 2.75) is 25.3 Å². The Morgan fingerprint density at radius 2 is 2.27 bits per heavy atom. The molecule has 0 aromatic rings. The predicted octanol–water partition coefficient (Wildman–Crippen LogP) is -0.304. The Balaban J connectivity index is 2.01. The van der Waals surface area contributed by atoms with Crippen LogP contribution in [0.1, 0.15) is 19.3 Å². The lowest BCUT2D eigenvalue weighted by Crippen LogP contribution is -2.38. The van der Waals surface area contributed by atoms with Gasteiger partial charge in [-0.15, -0.1) is 0 Å². The summed E-state index contributed by atoms with van der Waals surface area (Å²) in [6, 6.07) is 0.501. The molecule has 66 valence electrons. The fourth-order valence-electron chi connectivity index (χ4n) is 1.31. The molecule has 1 unspecified atom stereocenters. The van der Waals surface area contributed by atoms with Crippen LogP contribution in [0.25, 0.3) is 0 Å². The van der Waals surface area contributed by atoms with E-state index in [1.807, 2.05) is 0 Å². The zero-order valence-electron chi connectivity index (χ0n) is 6.92. The highest BCUT2D eigenvalue weighted by Crippen LogP contribution is 2.31. The topological polar surface area (TPSA) is 58.3 Å². The molecule has 1 rings (SSSR count). The van der Waals surface area contributed by atoms with Crippen LogP contribution in [0.2, 0.25) is 0 Å². The van der Waals surface area contributed by atoms with E-state index in [2.05, 4.69) is 5.32 Å². The van der Waals surface area contributed by atoms with Gasteiger partial charge in [-0.1, -0.05) is 0 Å². The molecule has 0 radical (unpaired) electrons. The third-order valence-electron chi connectivity index (χ3n) is 2.19. The van der Waals surface area contributed by atoms with Gasteiger partial charge >= 0.3 is 0 Å². The molecule has 0 aromatic heterocycles. The van der Waals surface area contributed by atoms with E-state index < -0.39 is 0 Å². The zero-order valence-corrected chi connectivity index (χ0v) is 6.92. The van der Waals surface area contributed by atoms with Crippen LogP contribution in [-0.4, -0.2) is 30.8 Å². The first-order chi connectivity index (χ1) is 5.38. The van der Waals surface area contributed by atoms with Crippen LogP contribution in [0.4, 0.5) is 0 Å². The van der Waals surface area contributed by atoms with Crippen molar-refractivity contribution >= 4 is 0 Å². The maximum absolute atomic E-state index is 8.53. The van der Waals surface area contributed by atoms with E-state index in [4.69, 9.17) is 10.8 Å². The SMILES string of the molecule is NCC(NCCCO)C1CC1. The fourth-order valence-corrected chi connectivity index (χ4v) is 1.31. The molecule has 11 heavy (non-hydrogen) atoms. The summed E-state index contributed by atoms with van der Waals surface area (Å²) in [6.07, 6.45) is 3.49. The summed E-state index contributed by atoms with van der Waals surface area (Å²) in [4.78, 5) is 0. The number of aliphatic hydroxyl groups is 1. The number of nitrogens with one attached hydrogen (secondary N) is 1. The van der Waals surface area contributed by atoms with Gasteiger partial charge in [-0.2, -0.15) is 0 Å². The molecule has 0 saturated heterocycles. The lowest BCUT2D eigenvalue weighted by atomic mass is 10.2. The Kier molecular flexibility index (Phi) is 3.83. The van der Waals surface area contributed by atoms with Crippen LogP contribution in [0.5, 0.6) is 0 Å². The smallest absolute Gasteiger partial charge is 0.0443 e. The number of hydrogen-bond acceptors (Lipinski definition) is 3. The summed E-state index contributed by atoms with van der Waals surface area (Å²) in [5, 5.41) is 11.9. The highest BCUT2D eigenvalue weighted by atomic mass is 16.3. The molecule has 3 nitrogen and oxygen atoms in total. The highest BCUT2D eigenvalue weighted by molar-refractivity contribution is 4.86. The van der Waals surface area contributed by atoms with Crippen LogP contribution in [0, 0.1) is 5.92 Å². The minimum absolute atomic E-state index is 0.273. The van der Waals surface area contributed by atoms with E-state index in [0.29, 0.717) is 6.04 Å². The van der Waals surface area contributed by atoms with E-state index in [0.717, 1.165) is 25.4 Å².